The maximum atomic E-state index is 2.93. The van der Waals surface area contributed by atoms with Gasteiger partial charge >= 0.3 is 0 Å². The third-order valence-electron chi connectivity index (χ3n) is 5.39. The molecule has 1 unspecified atom stereocenters. The highest BCUT2D eigenvalue weighted by atomic mass is 28.4. The Morgan fingerprint density at radius 3 is 1.92 bits per heavy atom. The maximum absolute atomic E-state index is 2.93. The molecule has 0 N–H and O–H groups in total. The summed E-state index contributed by atoms with van der Waals surface area (Å²) in [6.07, 6.45) is 5.17. The lowest BCUT2D eigenvalue weighted by Crippen LogP contribution is -2.59. The lowest BCUT2D eigenvalue weighted by molar-refractivity contribution is 0.587. The van der Waals surface area contributed by atoms with Crippen molar-refractivity contribution in [2.75, 3.05) is 6.54 Å². The minimum Gasteiger partial charge on any atom is -0.346 e. The van der Waals surface area contributed by atoms with E-state index in [1.54, 1.807) is 16.7 Å². The molecule has 25 heavy (non-hydrogen) atoms. The Labute approximate surface area is 159 Å². The van der Waals surface area contributed by atoms with Crippen LogP contribution in [0.1, 0.15) is 29.5 Å². The molecule has 0 radical (unpaired) electrons. The van der Waals surface area contributed by atoms with Crippen LogP contribution in [0.5, 0.6) is 0 Å². The Balaban J connectivity index is 2.13. The Hall–Kier alpha value is -0.429. The van der Waals surface area contributed by atoms with E-state index >= 15 is 0 Å². The van der Waals surface area contributed by atoms with Crippen LogP contribution in [-0.2, 0) is 0 Å². The molecule has 1 aromatic rings. The average molecular weight is 390 g/mol. The van der Waals surface area contributed by atoms with Crippen molar-refractivity contribution in [2.24, 2.45) is 0 Å². The van der Waals surface area contributed by atoms with Crippen molar-refractivity contribution in [3.8, 4) is 0 Å². The average Bonchev–Trinajstić information content (AvgIpc) is 2.80. The highest BCUT2D eigenvalue weighted by Gasteiger charge is 2.35. The number of fused-ring (bicyclic) bond motifs is 1. The van der Waals surface area contributed by atoms with Crippen molar-refractivity contribution in [1.82, 2.24) is 4.23 Å². The first-order valence-corrected chi connectivity index (χ1v) is 20.4. The van der Waals surface area contributed by atoms with Crippen LogP contribution in [0.3, 0.4) is 0 Å². The molecule has 140 valence electrons. The zero-order chi connectivity index (χ0) is 19.0. The Morgan fingerprint density at radius 1 is 0.840 bits per heavy atom. The van der Waals surface area contributed by atoms with Crippen molar-refractivity contribution in [3.63, 3.8) is 0 Å². The molecule has 1 nitrogen and oxygen atoms in total. The SMILES string of the molecule is C[Si](C)(C)C1C=C(CCCN([Si](C)(C)C)[Si](C)(C)C)c2ccccc21. The third-order valence-corrected chi connectivity index (χ3v) is 15.4. The molecule has 2 rings (SSSR count). The summed E-state index contributed by atoms with van der Waals surface area (Å²) < 4.78 is 2.93. The van der Waals surface area contributed by atoms with Gasteiger partial charge in [-0.2, -0.15) is 0 Å². The predicted molar refractivity (Wildman–Crippen MR) is 123 cm³/mol. The maximum Gasteiger partial charge on any atom is 0.112 e. The van der Waals surface area contributed by atoms with Gasteiger partial charge in [0.15, 0.2) is 0 Å². The van der Waals surface area contributed by atoms with E-state index in [9.17, 15) is 0 Å². The molecule has 1 aromatic carbocycles. The summed E-state index contributed by atoms with van der Waals surface area (Å²) in [6.45, 7) is 23.9. The normalized spacial score (nSPS) is 18.5. The topological polar surface area (TPSA) is 3.24 Å². The molecule has 0 aliphatic heterocycles. The van der Waals surface area contributed by atoms with E-state index in [2.05, 4.69) is 93.5 Å². The van der Waals surface area contributed by atoms with E-state index in [0.717, 1.165) is 0 Å². The van der Waals surface area contributed by atoms with Gasteiger partial charge in [0.2, 0.25) is 0 Å². The van der Waals surface area contributed by atoms with Gasteiger partial charge in [0.25, 0.3) is 0 Å². The van der Waals surface area contributed by atoms with Gasteiger partial charge in [0, 0.05) is 0 Å². The van der Waals surface area contributed by atoms with E-state index < -0.39 is 24.5 Å². The summed E-state index contributed by atoms with van der Waals surface area (Å²) in [6, 6.07) is 9.17. The summed E-state index contributed by atoms with van der Waals surface area (Å²) in [4.78, 5) is 0. The van der Waals surface area contributed by atoms with Crippen LogP contribution in [0.15, 0.2) is 30.3 Å². The summed E-state index contributed by atoms with van der Waals surface area (Å²) in [7, 11) is -3.67. The van der Waals surface area contributed by atoms with Gasteiger partial charge in [-0.3, -0.25) is 0 Å². The summed E-state index contributed by atoms with van der Waals surface area (Å²) in [5.41, 5.74) is 5.46. The molecule has 0 fully saturated rings. The second-order valence-corrected chi connectivity index (χ2v) is 26.3. The first-order valence-electron chi connectivity index (χ1n) is 9.89. The summed E-state index contributed by atoms with van der Waals surface area (Å²) >= 11 is 0. The number of hydrogen-bond donors (Lipinski definition) is 0. The lowest BCUT2D eigenvalue weighted by atomic mass is 10.0. The Morgan fingerprint density at radius 2 is 1.40 bits per heavy atom. The van der Waals surface area contributed by atoms with Crippen molar-refractivity contribution in [1.29, 1.82) is 0 Å². The van der Waals surface area contributed by atoms with Crippen LogP contribution in [0.25, 0.3) is 5.57 Å². The number of rotatable bonds is 7. The van der Waals surface area contributed by atoms with E-state index in [1.807, 2.05) is 0 Å². The molecule has 0 amide bonds. The molecule has 0 saturated carbocycles. The zero-order valence-corrected chi connectivity index (χ0v) is 21.0. The summed E-state index contributed by atoms with van der Waals surface area (Å²) in [5, 5.41) is 0. The fourth-order valence-electron chi connectivity index (χ4n) is 4.48. The molecule has 4 heteroatoms. The molecular weight excluding hydrogens is 350 g/mol. The standard InChI is InChI=1S/C21H39NSi3/c1-23(2,3)21-17-18(19-14-10-11-15-20(19)21)13-12-16-22(24(4,5)6)25(7,8)9/h10-11,14-15,17,21H,12-13,16H2,1-9H3. The molecule has 0 spiro atoms. The molecule has 1 atom stereocenters. The first kappa shape index (κ1) is 20.9. The molecule has 0 heterocycles. The molecule has 0 aromatic heterocycles. The minimum atomic E-state index is -1.23. The van der Waals surface area contributed by atoms with Crippen molar-refractivity contribution in [3.05, 3.63) is 41.5 Å². The molecule has 0 saturated heterocycles. The third kappa shape index (κ3) is 5.06. The number of benzene rings is 1. The van der Waals surface area contributed by atoms with Gasteiger partial charge in [-0.25, -0.2) is 0 Å². The van der Waals surface area contributed by atoms with Gasteiger partial charge in [-0.05, 0) is 41.6 Å². The van der Waals surface area contributed by atoms with Crippen LogP contribution in [-0.4, -0.2) is 35.3 Å². The fraction of sp³-hybridized carbons (Fsp3) is 0.619. The molecular formula is C21H39NSi3. The van der Waals surface area contributed by atoms with Crippen LogP contribution in [0.2, 0.25) is 58.9 Å². The van der Waals surface area contributed by atoms with Crippen molar-refractivity contribution in [2.45, 2.75) is 77.3 Å². The predicted octanol–water partition coefficient (Wildman–Crippen LogP) is 6.80. The largest absolute Gasteiger partial charge is 0.346 e. The Kier molecular flexibility index (Phi) is 6.09. The second kappa shape index (κ2) is 7.30. The molecule has 1 aliphatic rings. The lowest BCUT2D eigenvalue weighted by Gasteiger charge is -2.43. The number of nitrogens with zero attached hydrogens (tertiary/aromatic N) is 1. The van der Waals surface area contributed by atoms with Gasteiger partial charge < -0.3 is 4.23 Å². The minimum absolute atomic E-state index is 0.698. The quantitative estimate of drug-likeness (QED) is 0.464. The Bertz CT molecular complexity index is 616. The second-order valence-electron chi connectivity index (χ2n) is 10.7. The monoisotopic (exact) mass is 389 g/mol. The van der Waals surface area contributed by atoms with Gasteiger partial charge in [-0.1, -0.05) is 89.3 Å². The molecule has 0 bridgehead atoms. The van der Waals surface area contributed by atoms with Gasteiger partial charge in [-0.15, -0.1) is 0 Å². The van der Waals surface area contributed by atoms with E-state index in [0.29, 0.717) is 5.54 Å². The first-order chi connectivity index (χ1) is 11.3. The molecule has 1 aliphatic carbocycles. The highest BCUT2D eigenvalue weighted by molar-refractivity contribution is 6.89. The van der Waals surface area contributed by atoms with Crippen LogP contribution < -0.4 is 0 Å². The van der Waals surface area contributed by atoms with Crippen LogP contribution >= 0.6 is 0 Å². The van der Waals surface area contributed by atoms with Crippen LogP contribution in [0, 0.1) is 0 Å². The van der Waals surface area contributed by atoms with Gasteiger partial charge in [0.1, 0.15) is 16.5 Å². The zero-order valence-electron chi connectivity index (χ0n) is 18.0. The van der Waals surface area contributed by atoms with E-state index in [-0.39, 0.29) is 0 Å². The number of allylic oxidation sites excluding steroid dienone is 2. The highest BCUT2D eigenvalue weighted by Crippen LogP contribution is 2.42. The van der Waals surface area contributed by atoms with E-state index in [1.165, 1.54) is 19.4 Å². The van der Waals surface area contributed by atoms with Crippen LogP contribution in [0.4, 0.5) is 0 Å². The van der Waals surface area contributed by atoms with Gasteiger partial charge in [0.05, 0.1) is 8.07 Å². The fourth-order valence-corrected chi connectivity index (χ4v) is 16.1. The smallest absolute Gasteiger partial charge is 0.112 e. The summed E-state index contributed by atoms with van der Waals surface area (Å²) in [5.74, 6) is 0. The van der Waals surface area contributed by atoms with Crippen molar-refractivity contribution < 1.29 is 0 Å². The van der Waals surface area contributed by atoms with E-state index in [4.69, 9.17) is 0 Å². The number of hydrogen-bond acceptors (Lipinski definition) is 1. The van der Waals surface area contributed by atoms with Crippen molar-refractivity contribution >= 4 is 30.1 Å².